The second kappa shape index (κ2) is 9.73. The fourth-order valence-electron chi connectivity index (χ4n) is 3.11. The Morgan fingerprint density at radius 3 is 2.47 bits per heavy atom. The van der Waals surface area contributed by atoms with E-state index < -0.39 is 0 Å². The summed E-state index contributed by atoms with van der Waals surface area (Å²) in [6, 6.07) is 0. The van der Waals surface area contributed by atoms with Crippen LogP contribution in [0.15, 0.2) is 0 Å². The van der Waals surface area contributed by atoms with Gasteiger partial charge in [-0.3, -0.25) is 0 Å². The molecule has 1 aliphatic rings. The smallest absolute Gasteiger partial charge is 0.0675 e. The van der Waals surface area contributed by atoms with Gasteiger partial charge < -0.3 is 14.8 Å². The molecule has 3 atom stereocenters. The van der Waals surface area contributed by atoms with Crippen LogP contribution in [0.3, 0.4) is 0 Å². The summed E-state index contributed by atoms with van der Waals surface area (Å²) in [6.45, 7) is 12.6. The molecule has 19 heavy (non-hydrogen) atoms. The fourth-order valence-corrected chi connectivity index (χ4v) is 3.11. The van der Waals surface area contributed by atoms with E-state index in [1.807, 2.05) is 6.92 Å². The van der Waals surface area contributed by atoms with Crippen LogP contribution in [-0.2, 0) is 9.47 Å². The summed E-state index contributed by atoms with van der Waals surface area (Å²) in [7, 11) is 0. The molecule has 3 nitrogen and oxygen atoms in total. The van der Waals surface area contributed by atoms with Gasteiger partial charge in [-0.15, -0.1) is 0 Å². The first-order valence-electron chi connectivity index (χ1n) is 8.05. The van der Waals surface area contributed by atoms with Gasteiger partial charge in [-0.1, -0.05) is 13.8 Å². The van der Waals surface area contributed by atoms with Crippen LogP contribution in [0.5, 0.6) is 0 Å². The Morgan fingerprint density at radius 1 is 1.16 bits per heavy atom. The molecule has 1 saturated carbocycles. The van der Waals surface area contributed by atoms with Gasteiger partial charge in [0, 0.05) is 19.8 Å². The van der Waals surface area contributed by atoms with Crippen LogP contribution in [0.2, 0.25) is 0 Å². The van der Waals surface area contributed by atoms with E-state index in [0.717, 1.165) is 44.6 Å². The average Bonchev–Trinajstić information content (AvgIpc) is 2.32. The lowest BCUT2D eigenvalue weighted by molar-refractivity contribution is -0.0401. The molecule has 1 aliphatic carbocycles. The monoisotopic (exact) mass is 271 g/mol. The van der Waals surface area contributed by atoms with E-state index in [9.17, 15) is 0 Å². The van der Waals surface area contributed by atoms with Crippen LogP contribution in [0.1, 0.15) is 53.4 Å². The fraction of sp³-hybridized carbons (Fsp3) is 1.00. The van der Waals surface area contributed by atoms with Crippen molar-refractivity contribution >= 4 is 0 Å². The molecule has 0 aliphatic heterocycles. The van der Waals surface area contributed by atoms with Crippen molar-refractivity contribution in [2.75, 3.05) is 26.3 Å². The summed E-state index contributed by atoms with van der Waals surface area (Å²) in [4.78, 5) is 0. The summed E-state index contributed by atoms with van der Waals surface area (Å²) < 4.78 is 11.5. The zero-order chi connectivity index (χ0) is 14.1. The summed E-state index contributed by atoms with van der Waals surface area (Å²) in [6.07, 6.45) is 5.70. The number of hydrogen-bond donors (Lipinski definition) is 1. The lowest BCUT2D eigenvalue weighted by Crippen LogP contribution is -2.34. The first-order chi connectivity index (χ1) is 9.11. The van der Waals surface area contributed by atoms with Gasteiger partial charge in [0.1, 0.15) is 0 Å². The van der Waals surface area contributed by atoms with E-state index in [0.29, 0.717) is 12.2 Å². The average molecular weight is 271 g/mol. The van der Waals surface area contributed by atoms with Gasteiger partial charge in [0.05, 0.1) is 12.2 Å². The van der Waals surface area contributed by atoms with Crippen LogP contribution in [0, 0.1) is 11.8 Å². The molecule has 0 radical (unpaired) electrons. The second-order valence-electron chi connectivity index (χ2n) is 6.24. The Hall–Kier alpha value is -0.120. The SMILES string of the molecule is CCOCCCNCC(C)OC1CC(C)CC(C)C1. The maximum atomic E-state index is 6.17. The van der Waals surface area contributed by atoms with Crippen molar-refractivity contribution in [2.45, 2.75) is 65.6 Å². The highest BCUT2D eigenvalue weighted by Crippen LogP contribution is 2.30. The zero-order valence-electron chi connectivity index (χ0n) is 13.3. The molecule has 0 bridgehead atoms. The summed E-state index contributed by atoms with van der Waals surface area (Å²) in [5.41, 5.74) is 0. The van der Waals surface area contributed by atoms with E-state index in [1.165, 1.54) is 19.3 Å². The molecule has 0 aromatic rings. The minimum Gasteiger partial charge on any atom is -0.382 e. The Bertz CT molecular complexity index is 213. The van der Waals surface area contributed by atoms with Gasteiger partial charge in [0.2, 0.25) is 0 Å². The largest absolute Gasteiger partial charge is 0.382 e. The predicted octanol–water partition coefficient (Wildman–Crippen LogP) is 3.23. The van der Waals surface area contributed by atoms with Crippen LogP contribution >= 0.6 is 0 Å². The molecule has 1 N–H and O–H groups in total. The predicted molar refractivity (Wildman–Crippen MR) is 80.5 cm³/mol. The maximum absolute atomic E-state index is 6.17. The Balaban J connectivity index is 2.05. The molecular formula is C16H33NO2. The number of rotatable bonds is 9. The number of nitrogens with one attached hydrogen (secondary N) is 1. The molecule has 0 saturated heterocycles. The van der Waals surface area contributed by atoms with Crippen molar-refractivity contribution in [1.29, 1.82) is 0 Å². The first-order valence-corrected chi connectivity index (χ1v) is 8.05. The summed E-state index contributed by atoms with van der Waals surface area (Å²) in [5, 5.41) is 3.45. The molecule has 1 rings (SSSR count). The Kier molecular flexibility index (Phi) is 8.67. The topological polar surface area (TPSA) is 30.5 Å². The van der Waals surface area contributed by atoms with Crippen molar-refractivity contribution < 1.29 is 9.47 Å². The van der Waals surface area contributed by atoms with Crippen LogP contribution in [-0.4, -0.2) is 38.5 Å². The minimum atomic E-state index is 0.314. The van der Waals surface area contributed by atoms with Gasteiger partial charge >= 0.3 is 0 Å². The summed E-state index contributed by atoms with van der Waals surface area (Å²) >= 11 is 0. The standard InChI is InChI=1S/C16H33NO2/c1-5-18-8-6-7-17-12-15(4)19-16-10-13(2)9-14(3)11-16/h13-17H,5-12H2,1-4H3. The molecule has 3 unspecified atom stereocenters. The second-order valence-corrected chi connectivity index (χ2v) is 6.24. The number of hydrogen-bond acceptors (Lipinski definition) is 3. The highest BCUT2D eigenvalue weighted by molar-refractivity contribution is 4.76. The third-order valence-electron chi connectivity index (χ3n) is 3.84. The molecule has 114 valence electrons. The molecular weight excluding hydrogens is 238 g/mol. The first kappa shape index (κ1) is 16.9. The van der Waals surface area contributed by atoms with Crippen LogP contribution < -0.4 is 5.32 Å². The number of ether oxygens (including phenoxy) is 2. The van der Waals surface area contributed by atoms with Crippen molar-refractivity contribution in [3.05, 3.63) is 0 Å². The van der Waals surface area contributed by atoms with Crippen LogP contribution in [0.25, 0.3) is 0 Å². The maximum Gasteiger partial charge on any atom is 0.0675 e. The molecule has 0 spiro atoms. The lowest BCUT2D eigenvalue weighted by atomic mass is 9.82. The molecule has 0 aromatic carbocycles. The van der Waals surface area contributed by atoms with E-state index in [-0.39, 0.29) is 0 Å². The molecule has 1 fully saturated rings. The quantitative estimate of drug-likeness (QED) is 0.653. The van der Waals surface area contributed by atoms with Gasteiger partial charge in [0.25, 0.3) is 0 Å². The minimum absolute atomic E-state index is 0.314. The Morgan fingerprint density at radius 2 is 1.84 bits per heavy atom. The van der Waals surface area contributed by atoms with Crippen molar-refractivity contribution in [3.8, 4) is 0 Å². The van der Waals surface area contributed by atoms with Crippen molar-refractivity contribution in [3.63, 3.8) is 0 Å². The van der Waals surface area contributed by atoms with E-state index in [4.69, 9.17) is 9.47 Å². The zero-order valence-corrected chi connectivity index (χ0v) is 13.3. The third-order valence-corrected chi connectivity index (χ3v) is 3.84. The highest BCUT2D eigenvalue weighted by Gasteiger charge is 2.25. The molecule has 0 aromatic heterocycles. The van der Waals surface area contributed by atoms with Crippen molar-refractivity contribution in [2.24, 2.45) is 11.8 Å². The summed E-state index contributed by atoms with van der Waals surface area (Å²) in [5.74, 6) is 1.64. The molecule has 3 heteroatoms. The van der Waals surface area contributed by atoms with Gasteiger partial charge in [-0.05, 0) is 57.9 Å². The van der Waals surface area contributed by atoms with E-state index in [2.05, 4.69) is 26.1 Å². The Labute approximate surface area is 119 Å². The highest BCUT2D eigenvalue weighted by atomic mass is 16.5. The third kappa shape index (κ3) is 7.91. The molecule has 0 heterocycles. The van der Waals surface area contributed by atoms with Gasteiger partial charge in [-0.25, -0.2) is 0 Å². The van der Waals surface area contributed by atoms with Crippen molar-refractivity contribution in [1.82, 2.24) is 5.32 Å². The lowest BCUT2D eigenvalue weighted by Gasteiger charge is -2.33. The van der Waals surface area contributed by atoms with E-state index in [1.54, 1.807) is 0 Å². The normalized spacial score (nSPS) is 29.4. The molecule has 0 amide bonds. The van der Waals surface area contributed by atoms with Crippen LogP contribution in [0.4, 0.5) is 0 Å². The van der Waals surface area contributed by atoms with Gasteiger partial charge in [0.15, 0.2) is 0 Å². The van der Waals surface area contributed by atoms with E-state index >= 15 is 0 Å². The van der Waals surface area contributed by atoms with Gasteiger partial charge in [-0.2, -0.15) is 0 Å².